The fourth-order valence-corrected chi connectivity index (χ4v) is 3.91. The van der Waals surface area contributed by atoms with Gasteiger partial charge < -0.3 is 15.3 Å². The SMILES string of the molecule is Cc1ccc(-c2cc(C(=O)N[C@H](C)CN3CCC(O)CC3)cc(-n3cnnn3)c2)cc1. The summed E-state index contributed by atoms with van der Waals surface area (Å²) >= 11 is 0. The Morgan fingerprint density at radius 2 is 1.90 bits per heavy atom. The number of tetrazole rings is 1. The molecule has 162 valence electrons. The van der Waals surface area contributed by atoms with E-state index in [0.717, 1.165) is 49.3 Å². The zero-order valence-electron chi connectivity index (χ0n) is 17.9. The molecule has 1 aliphatic rings. The van der Waals surface area contributed by atoms with Crippen molar-refractivity contribution in [3.8, 4) is 16.8 Å². The molecule has 1 aromatic heterocycles. The molecule has 4 rings (SSSR count). The summed E-state index contributed by atoms with van der Waals surface area (Å²) in [7, 11) is 0. The van der Waals surface area contributed by atoms with Crippen molar-refractivity contribution >= 4 is 5.91 Å². The van der Waals surface area contributed by atoms with E-state index in [1.807, 2.05) is 38.1 Å². The Labute approximate surface area is 181 Å². The van der Waals surface area contributed by atoms with Gasteiger partial charge in [-0.2, -0.15) is 0 Å². The van der Waals surface area contributed by atoms with Crippen LogP contribution in [0.15, 0.2) is 48.8 Å². The van der Waals surface area contributed by atoms with Crippen molar-refractivity contribution in [2.24, 2.45) is 0 Å². The number of aliphatic hydroxyl groups excluding tert-OH is 1. The lowest BCUT2D eigenvalue weighted by Gasteiger charge is -2.31. The van der Waals surface area contributed by atoms with Gasteiger partial charge in [-0.15, -0.1) is 5.10 Å². The molecular formula is C23H28N6O2. The molecule has 8 heteroatoms. The smallest absolute Gasteiger partial charge is 0.251 e. The Hall–Kier alpha value is -3.10. The number of amides is 1. The quantitative estimate of drug-likeness (QED) is 0.635. The first-order valence-corrected chi connectivity index (χ1v) is 10.6. The van der Waals surface area contributed by atoms with Gasteiger partial charge in [0, 0.05) is 31.2 Å². The normalized spacial score (nSPS) is 16.2. The first-order valence-electron chi connectivity index (χ1n) is 10.6. The standard InChI is InChI=1S/C23H28N6O2/c1-16-3-5-18(6-4-16)19-11-20(13-21(12-19)29-15-24-26-27-29)23(31)25-17(2)14-28-9-7-22(30)8-10-28/h3-6,11-13,15,17,22,30H,7-10,14H2,1-2H3,(H,25,31)/t17-/m1/s1. The van der Waals surface area contributed by atoms with Crippen LogP contribution < -0.4 is 5.32 Å². The summed E-state index contributed by atoms with van der Waals surface area (Å²) in [5, 5.41) is 24.2. The second-order valence-electron chi connectivity index (χ2n) is 8.30. The molecule has 1 fully saturated rings. The van der Waals surface area contributed by atoms with Crippen LogP contribution in [0.2, 0.25) is 0 Å². The maximum atomic E-state index is 13.1. The third-order valence-electron chi connectivity index (χ3n) is 5.65. The van der Waals surface area contributed by atoms with Gasteiger partial charge in [0.05, 0.1) is 11.8 Å². The Morgan fingerprint density at radius 3 is 2.58 bits per heavy atom. The summed E-state index contributed by atoms with van der Waals surface area (Å²) in [6.07, 6.45) is 2.89. The van der Waals surface area contributed by atoms with E-state index in [1.165, 1.54) is 11.9 Å². The predicted molar refractivity (Wildman–Crippen MR) is 118 cm³/mol. The molecule has 2 heterocycles. The number of hydrogen-bond acceptors (Lipinski definition) is 6. The van der Waals surface area contributed by atoms with Crippen LogP contribution in [0, 0.1) is 6.92 Å². The molecular weight excluding hydrogens is 392 g/mol. The zero-order valence-corrected chi connectivity index (χ0v) is 17.9. The monoisotopic (exact) mass is 420 g/mol. The molecule has 0 bridgehead atoms. The molecule has 8 nitrogen and oxygen atoms in total. The molecule has 31 heavy (non-hydrogen) atoms. The van der Waals surface area contributed by atoms with E-state index in [-0.39, 0.29) is 18.1 Å². The Bertz CT molecular complexity index is 1010. The molecule has 2 aromatic carbocycles. The molecule has 1 saturated heterocycles. The van der Waals surface area contributed by atoms with Crippen molar-refractivity contribution in [2.45, 2.75) is 38.8 Å². The van der Waals surface area contributed by atoms with Crippen molar-refractivity contribution < 1.29 is 9.90 Å². The van der Waals surface area contributed by atoms with Crippen LogP contribution in [0.3, 0.4) is 0 Å². The number of aliphatic hydroxyl groups is 1. The van der Waals surface area contributed by atoms with Gasteiger partial charge in [0.1, 0.15) is 6.33 Å². The first-order chi connectivity index (χ1) is 15.0. The minimum absolute atomic E-state index is 0.0118. The van der Waals surface area contributed by atoms with Gasteiger partial charge in [0.2, 0.25) is 0 Å². The molecule has 0 spiro atoms. The lowest BCUT2D eigenvalue weighted by atomic mass is 10.0. The molecule has 1 amide bonds. The summed E-state index contributed by atoms with van der Waals surface area (Å²) in [5.41, 5.74) is 4.41. The van der Waals surface area contributed by atoms with Crippen molar-refractivity contribution in [2.75, 3.05) is 19.6 Å². The molecule has 2 N–H and O–H groups in total. The van der Waals surface area contributed by atoms with Crippen LogP contribution in [0.1, 0.15) is 35.7 Å². The number of carbonyl (C=O) groups is 1. The van der Waals surface area contributed by atoms with E-state index in [1.54, 1.807) is 10.7 Å². The summed E-state index contributed by atoms with van der Waals surface area (Å²) in [4.78, 5) is 15.4. The largest absolute Gasteiger partial charge is 0.393 e. The summed E-state index contributed by atoms with van der Waals surface area (Å²) in [5.74, 6) is -0.132. The Morgan fingerprint density at radius 1 is 1.16 bits per heavy atom. The van der Waals surface area contributed by atoms with E-state index in [2.05, 4.69) is 37.9 Å². The maximum absolute atomic E-state index is 13.1. The second-order valence-corrected chi connectivity index (χ2v) is 8.30. The first kappa shape index (κ1) is 21.1. The zero-order chi connectivity index (χ0) is 21.8. The topological polar surface area (TPSA) is 96.2 Å². The number of hydrogen-bond donors (Lipinski definition) is 2. The number of piperidine rings is 1. The van der Waals surface area contributed by atoms with E-state index in [0.29, 0.717) is 5.56 Å². The van der Waals surface area contributed by atoms with Crippen molar-refractivity contribution in [1.29, 1.82) is 0 Å². The summed E-state index contributed by atoms with van der Waals surface area (Å²) in [6.45, 7) is 6.52. The van der Waals surface area contributed by atoms with Crippen LogP contribution in [0.4, 0.5) is 0 Å². The number of carbonyl (C=O) groups excluding carboxylic acids is 1. The van der Waals surface area contributed by atoms with Crippen molar-refractivity contribution in [3.63, 3.8) is 0 Å². The minimum atomic E-state index is -0.199. The van der Waals surface area contributed by atoms with Gasteiger partial charge in [-0.1, -0.05) is 29.8 Å². The van der Waals surface area contributed by atoms with Crippen LogP contribution in [0.5, 0.6) is 0 Å². The highest BCUT2D eigenvalue weighted by Crippen LogP contribution is 2.24. The highest BCUT2D eigenvalue weighted by Gasteiger charge is 2.20. The van der Waals surface area contributed by atoms with Gasteiger partial charge in [-0.25, -0.2) is 4.68 Å². The third-order valence-corrected chi connectivity index (χ3v) is 5.65. The average Bonchev–Trinajstić information content (AvgIpc) is 3.30. The fourth-order valence-electron chi connectivity index (χ4n) is 3.91. The van der Waals surface area contributed by atoms with Gasteiger partial charge in [-0.05, 0) is 66.4 Å². The number of aromatic nitrogens is 4. The molecule has 3 aromatic rings. The summed E-state index contributed by atoms with van der Waals surface area (Å²) < 4.78 is 1.55. The number of nitrogens with zero attached hydrogens (tertiary/aromatic N) is 5. The van der Waals surface area contributed by atoms with Crippen LogP contribution >= 0.6 is 0 Å². The van der Waals surface area contributed by atoms with Crippen molar-refractivity contribution in [1.82, 2.24) is 30.4 Å². The van der Waals surface area contributed by atoms with E-state index in [9.17, 15) is 9.90 Å². The number of aryl methyl sites for hydroxylation is 1. The number of benzene rings is 2. The average molecular weight is 421 g/mol. The van der Waals surface area contributed by atoms with Crippen LogP contribution in [-0.2, 0) is 0 Å². The maximum Gasteiger partial charge on any atom is 0.251 e. The second kappa shape index (κ2) is 9.36. The molecule has 0 aliphatic carbocycles. The number of likely N-dealkylation sites (tertiary alicyclic amines) is 1. The molecule has 0 radical (unpaired) electrons. The minimum Gasteiger partial charge on any atom is -0.393 e. The van der Waals surface area contributed by atoms with E-state index < -0.39 is 0 Å². The molecule has 0 unspecified atom stereocenters. The van der Waals surface area contributed by atoms with Crippen LogP contribution in [-0.4, -0.2) is 67.9 Å². The van der Waals surface area contributed by atoms with Gasteiger partial charge >= 0.3 is 0 Å². The highest BCUT2D eigenvalue weighted by molar-refractivity contribution is 5.96. The Balaban J connectivity index is 1.54. The van der Waals surface area contributed by atoms with E-state index in [4.69, 9.17) is 0 Å². The molecule has 0 saturated carbocycles. The lowest BCUT2D eigenvalue weighted by Crippen LogP contribution is -2.45. The Kier molecular flexibility index (Phi) is 6.39. The highest BCUT2D eigenvalue weighted by atomic mass is 16.3. The van der Waals surface area contributed by atoms with Gasteiger partial charge in [0.15, 0.2) is 0 Å². The number of rotatable bonds is 6. The fraction of sp³-hybridized carbons (Fsp3) is 0.391. The third kappa shape index (κ3) is 5.34. The van der Waals surface area contributed by atoms with Crippen LogP contribution in [0.25, 0.3) is 16.8 Å². The predicted octanol–water partition coefficient (Wildman–Crippen LogP) is 2.21. The van der Waals surface area contributed by atoms with E-state index >= 15 is 0 Å². The lowest BCUT2D eigenvalue weighted by molar-refractivity contribution is 0.0753. The van der Waals surface area contributed by atoms with Crippen molar-refractivity contribution in [3.05, 3.63) is 59.9 Å². The van der Waals surface area contributed by atoms with Gasteiger partial charge in [0.25, 0.3) is 5.91 Å². The summed E-state index contributed by atoms with van der Waals surface area (Å²) in [6, 6.07) is 13.9. The molecule has 1 aliphatic heterocycles. The molecule has 1 atom stereocenters. The number of nitrogens with one attached hydrogen (secondary N) is 1. The van der Waals surface area contributed by atoms with Gasteiger partial charge in [-0.3, -0.25) is 4.79 Å².